The largest absolute Gasteiger partial charge is 0.342 e. The van der Waals surface area contributed by atoms with Gasteiger partial charge in [0.05, 0.1) is 6.54 Å². The lowest BCUT2D eigenvalue weighted by molar-refractivity contribution is -0.128. The SMILES string of the molecule is CC1CCN(C2=NCCN2C(=O)CC2CCCC2)CC1. The smallest absolute Gasteiger partial charge is 0.229 e. The van der Waals surface area contributed by atoms with Gasteiger partial charge < -0.3 is 4.90 Å². The van der Waals surface area contributed by atoms with Gasteiger partial charge in [-0.25, -0.2) is 0 Å². The van der Waals surface area contributed by atoms with Gasteiger partial charge in [0.15, 0.2) is 0 Å². The lowest BCUT2D eigenvalue weighted by atomic mass is 9.99. The van der Waals surface area contributed by atoms with Crippen LogP contribution in [0.25, 0.3) is 0 Å². The minimum absolute atomic E-state index is 0.312. The lowest BCUT2D eigenvalue weighted by Gasteiger charge is -2.35. The van der Waals surface area contributed by atoms with Gasteiger partial charge in [0.25, 0.3) is 0 Å². The Morgan fingerprint density at radius 1 is 1.15 bits per heavy atom. The number of carbonyl (C=O) groups excluding carboxylic acids is 1. The van der Waals surface area contributed by atoms with E-state index in [4.69, 9.17) is 0 Å². The Morgan fingerprint density at radius 2 is 1.85 bits per heavy atom. The van der Waals surface area contributed by atoms with Crippen LogP contribution in [0, 0.1) is 11.8 Å². The zero-order valence-electron chi connectivity index (χ0n) is 12.7. The number of rotatable bonds is 2. The second-order valence-electron chi connectivity index (χ2n) is 6.75. The molecule has 2 aliphatic heterocycles. The molecular weight excluding hydrogens is 250 g/mol. The summed E-state index contributed by atoms with van der Waals surface area (Å²) in [5.41, 5.74) is 0. The van der Waals surface area contributed by atoms with Crippen LogP contribution in [-0.2, 0) is 4.79 Å². The van der Waals surface area contributed by atoms with Gasteiger partial charge in [-0.15, -0.1) is 0 Å². The molecule has 4 heteroatoms. The Morgan fingerprint density at radius 3 is 2.55 bits per heavy atom. The first-order chi connectivity index (χ1) is 9.74. The third kappa shape index (κ3) is 2.99. The fourth-order valence-electron chi connectivity index (χ4n) is 3.72. The molecule has 0 aromatic carbocycles. The molecule has 0 N–H and O–H groups in total. The molecular formula is C16H27N3O. The second kappa shape index (κ2) is 6.15. The van der Waals surface area contributed by atoms with Gasteiger partial charge in [-0.3, -0.25) is 14.7 Å². The topological polar surface area (TPSA) is 35.9 Å². The highest BCUT2D eigenvalue weighted by Gasteiger charge is 2.31. The molecule has 2 heterocycles. The van der Waals surface area contributed by atoms with Gasteiger partial charge in [-0.1, -0.05) is 19.8 Å². The van der Waals surface area contributed by atoms with Crippen molar-refractivity contribution in [2.75, 3.05) is 26.2 Å². The van der Waals surface area contributed by atoms with E-state index in [1.807, 2.05) is 4.90 Å². The predicted octanol–water partition coefficient (Wildman–Crippen LogP) is 2.50. The van der Waals surface area contributed by atoms with Crippen molar-refractivity contribution in [2.45, 2.75) is 51.9 Å². The van der Waals surface area contributed by atoms with Crippen molar-refractivity contribution in [2.24, 2.45) is 16.8 Å². The lowest BCUT2D eigenvalue weighted by Crippen LogP contribution is -2.48. The molecule has 1 saturated heterocycles. The molecule has 0 aromatic heterocycles. The highest BCUT2D eigenvalue weighted by molar-refractivity contribution is 5.98. The van der Waals surface area contributed by atoms with Crippen molar-refractivity contribution in [3.63, 3.8) is 0 Å². The van der Waals surface area contributed by atoms with Crippen LogP contribution in [0.4, 0.5) is 0 Å². The van der Waals surface area contributed by atoms with Gasteiger partial charge in [0.2, 0.25) is 11.9 Å². The molecule has 2 fully saturated rings. The Hall–Kier alpha value is -1.06. The number of likely N-dealkylation sites (tertiary alicyclic amines) is 1. The molecule has 4 nitrogen and oxygen atoms in total. The van der Waals surface area contributed by atoms with E-state index in [1.54, 1.807) is 0 Å². The monoisotopic (exact) mass is 277 g/mol. The van der Waals surface area contributed by atoms with E-state index in [9.17, 15) is 4.79 Å². The number of hydrogen-bond acceptors (Lipinski definition) is 3. The fourth-order valence-corrected chi connectivity index (χ4v) is 3.72. The number of hydrogen-bond donors (Lipinski definition) is 0. The highest BCUT2D eigenvalue weighted by atomic mass is 16.2. The first-order valence-corrected chi connectivity index (χ1v) is 8.34. The van der Waals surface area contributed by atoms with Gasteiger partial charge >= 0.3 is 0 Å². The molecule has 3 rings (SSSR count). The Bertz CT molecular complexity index is 379. The average Bonchev–Trinajstić information content (AvgIpc) is 3.10. The van der Waals surface area contributed by atoms with Crippen LogP contribution in [-0.4, -0.2) is 47.8 Å². The van der Waals surface area contributed by atoms with Crippen molar-refractivity contribution in [3.8, 4) is 0 Å². The summed E-state index contributed by atoms with van der Waals surface area (Å²) in [5.74, 6) is 2.73. The maximum Gasteiger partial charge on any atom is 0.229 e. The van der Waals surface area contributed by atoms with Crippen LogP contribution in [0.2, 0.25) is 0 Å². The maximum absolute atomic E-state index is 12.5. The van der Waals surface area contributed by atoms with Crippen LogP contribution in [0.1, 0.15) is 51.9 Å². The maximum atomic E-state index is 12.5. The summed E-state index contributed by atoms with van der Waals surface area (Å²) in [4.78, 5) is 21.4. The molecule has 0 aromatic rings. The third-order valence-corrected chi connectivity index (χ3v) is 5.12. The molecule has 0 radical (unpaired) electrons. The zero-order chi connectivity index (χ0) is 13.9. The predicted molar refractivity (Wildman–Crippen MR) is 80.6 cm³/mol. The molecule has 0 spiro atoms. The third-order valence-electron chi connectivity index (χ3n) is 5.12. The van der Waals surface area contributed by atoms with E-state index in [-0.39, 0.29) is 0 Å². The Labute approximate surface area is 122 Å². The Balaban J connectivity index is 1.58. The van der Waals surface area contributed by atoms with E-state index in [0.717, 1.165) is 44.5 Å². The van der Waals surface area contributed by atoms with Crippen molar-refractivity contribution in [3.05, 3.63) is 0 Å². The second-order valence-corrected chi connectivity index (χ2v) is 6.75. The van der Waals surface area contributed by atoms with Gasteiger partial charge in [-0.05, 0) is 37.5 Å². The van der Waals surface area contributed by atoms with Crippen LogP contribution in [0.5, 0.6) is 0 Å². The summed E-state index contributed by atoms with van der Waals surface area (Å²) in [6.07, 6.45) is 8.29. The number of carbonyl (C=O) groups is 1. The molecule has 1 aliphatic carbocycles. The van der Waals surface area contributed by atoms with E-state index in [1.165, 1.54) is 38.5 Å². The molecule has 1 amide bonds. The number of piperidine rings is 1. The minimum Gasteiger partial charge on any atom is -0.342 e. The van der Waals surface area contributed by atoms with Crippen molar-refractivity contribution in [1.29, 1.82) is 0 Å². The highest BCUT2D eigenvalue weighted by Crippen LogP contribution is 2.28. The summed E-state index contributed by atoms with van der Waals surface area (Å²) in [5, 5.41) is 0. The van der Waals surface area contributed by atoms with Crippen molar-refractivity contribution in [1.82, 2.24) is 9.80 Å². The normalized spacial score (nSPS) is 25.4. The summed E-state index contributed by atoms with van der Waals surface area (Å²) < 4.78 is 0. The molecule has 1 saturated carbocycles. The summed E-state index contributed by atoms with van der Waals surface area (Å²) >= 11 is 0. The van der Waals surface area contributed by atoms with Gasteiger partial charge in [-0.2, -0.15) is 0 Å². The van der Waals surface area contributed by atoms with E-state index < -0.39 is 0 Å². The van der Waals surface area contributed by atoms with E-state index >= 15 is 0 Å². The molecule has 20 heavy (non-hydrogen) atoms. The van der Waals surface area contributed by atoms with Crippen LogP contribution < -0.4 is 0 Å². The Kier molecular flexibility index (Phi) is 4.27. The first-order valence-electron chi connectivity index (χ1n) is 8.34. The molecule has 112 valence electrons. The molecule has 0 unspecified atom stereocenters. The van der Waals surface area contributed by atoms with E-state index in [2.05, 4.69) is 16.8 Å². The fraction of sp³-hybridized carbons (Fsp3) is 0.875. The molecule has 0 atom stereocenters. The number of guanidine groups is 1. The van der Waals surface area contributed by atoms with Gasteiger partial charge in [0.1, 0.15) is 0 Å². The zero-order valence-corrected chi connectivity index (χ0v) is 12.7. The van der Waals surface area contributed by atoms with Crippen molar-refractivity contribution < 1.29 is 4.79 Å². The summed E-state index contributed by atoms with van der Waals surface area (Å²) in [6.45, 7) is 6.03. The number of amides is 1. The first kappa shape index (κ1) is 13.9. The van der Waals surface area contributed by atoms with Crippen LogP contribution in [0.15, 0.2) is 4.99 Å². The number of aliphatic imine (C=N–C) groups is 1. The summed E-state index contributed by atoms with van der Waals surface area (Å²) in [7, 11) is 0. The molecule has 0 bridgehead atoms. The molecule has 3 aliphatic rings. The van der Waals surface area contributed by atoms with Crippen LogP contribution >= 0.6 is 0 Å². The quantitative estimate of drug-likeness (QED) is 0.777. The minimum atomic E-state index is 0.312. The van der Waals surface area contributed by atoms with Crippen LogP contribution in [0.3, 0.4) is 0 Å². The summed E-state index contributed by atoms with van der Waals surface area (Å²) in [6, 6.07) is 0. The van der Waals surface area contributed by atoms with Crippen molar-refractivity contribution >= 4 is 11.9 Å². The standard InChI is InChI=1S/C16H27N3O/c1-13-6-9-18(10-7-13)16-17-8-11-19(16)15(20)12-14-4-2-3-5-14/h13-14H,2-12H2,1H3. The van der Waals surface area contributed by atoms with E-state index in [0.29, 0.717) is 11.8 Å². The number of nitrogens with zero attached hydrogens (tertiary/aromatic N) is 3. The van der Waals surface area contributed by atoms with Gasteiger partial charge in [0, 0.05) is 26.1 Å². The average molecular weight is 277 g/mol.